The zero-order valence-corrected chi connectivity index (χ0v) is 13.7. The van der Waals surface area contributed by atoms with E-state index >= 15 is 0 Å². The first kappa shape index (κ1) is 16.2. The molecule has 0 aliphatic carbocycles. The Balaban J connectivity index is 2.54. The molecule has 2 amide bonds. The topological polar surface area (TPSA) is 74.7 Å². The molecule has 0 saturated carbocycles. The van der Waals surface area contributed by atoms with Crippen LogP contribution in [0.3, 0.4) is 0 Å². The monoisotopic (exact) mass is 329 g/mol. The first-order valence-corrected chi connectivity index (χ1v) is 8.86. The normalized spacial score (nSPS) is 17.9. The second kappa shape index (κ2) is 5.24. The molecule has 1 atom stereocenters. The summed E-state index contributed by atoms with van der Waals surface area (Å²) in [5.74, 6) is -1.19. The van der Waals surface area contributed by atoms with Gasteiger partial charge in [0.05, 0.1) is 16.1 Å². The van der Waals surface area contributed by atoms with Gasteiger partial charge >= 0.3 is 0 Å². The highest BCUT2D eigenvalue weighted by Gasteiger charge is 2.52. The molecule has 0 bridgehead atoms. The Bertz CT molecular complexity index is 671. The van der Waals surface area contributed by atoms with Gasteiger partial charge in [0.25, 0.3) is 11.8 Å². The lowest BCUT2D eigenvalue weighted by Crippen LogP contribution is -2.47. The van der Waals surface area contributed by atoms with Crippen LogP contribution >= 0.6 is 19.0 Å². The van der Waals surface area contributed by atoms with E-state index in [0.29, 0.717) is 6.42 Å². The number of carbonyl (C=O) groups is 2. The van der Waals surface area contributed by atoms with E-state index in [9.17, 15) is 19.0 Å². The van der Waals surface area contributed by atoms with Gasteiger partial charge in [-0.05, 0) is 32.4 Å². The van der Waals surface area contributed by atoms with E-state index in [1.807, 2.05) is 0 Å². The van der Waals surface area contributed by atoms with Crippen molar-refractivity contribution in [2.45, 2.75) is 32.5 Å². The van der Waals surface area contributed by atoms with Crippen LogP contribution in [0.5, 0.6) is 0 Å². The lowest BCUT2D eigenvalue weighted by molar-refractivity contribution is 0.0559. The fourth-order valence-electron chi connectivity index (χ4n) is 2.47. The molecule has 1 unspecified atom stereocenters. The third kappa shape index (κ3) is 2.33. The van der Waals surface area contributed by atoms with Crippen molar-refractivity contribution < 1.29 is 19.0 Å². The zero-order valence-electron chi connectivity index (χ0n) is 12.1. The Morgan fingerprint density at radius 1 is 1.29 bits per heavy atom. The quantitative estimate of drug-likeness (QED) is 0.679. The summed E-state index contributed by atoms with van der Waals surface area (Å²) in [6.45, 7) is 4.66. The SMILES string of the molecule is CCCP(=O)(O)C(C)(C)N1C(=O)c2cccc(Cl)c2C1=O. The van der Waals surface area contributed by atoms with E-state index in [2.05, 4.69) is 0 Å². The van der Waals surface area contributed by atoms with Crippen molar-refractivity contribution in [2.24, 2.45) is 0 Å². The average Bonchev–Trinajstić information content (AvgIpc) is 2.63. The van der Waals surface area contributed by atoms with Gasteiger partial charge in [0.1, 0.15) is 5.28 Å². The van der Waals surface area contributed by atoms with Crippen LogP contribution in [0.4, 0.5) is 0 Å². The summed E-state index contributed by atoms with van der Waals surface area (Å²) < 4.78 is 12.5. The van der Waals surface area contributed by atoms with E-state index in [4.69, 9.17) is 11.6 Å². The summed E-state index contributed by atoms with van der Waals surface area (Å²) in [4.78, 5) is 36.1. The third-order valence-corrected chi connectivity index (χ3v) is 7.07. The Morgan fingerprint density at radius 2 is 1.90 bits per heavy atom. The Hall–Kier alpha value is -1.16. The summed E-state index contributed by atoms with van der Waals surface area (Å²) in [5, 5.41) is -1.30. The third-order valence-electron chi connectivity index (χ3n) is 3.79. The molecule has 1 aromatic rings. The Kier molecular flexibility index (Phi) is 4.04. The second-order valence-electron chi connectivity index (χ2n) is 5.53. The largest absolute Gasteiger partial charge is 0.343 e. The summed E-state index contributed by atoms with van der Waals surface area (Å²) in [5.41, 5.74) is 0.283. The van der Waals surface area contributed by atoms with Gasteiger partial charge in [-0.15, -0.1) is 0 Å². The van der Waals surface area contributed by atoms with Crippen LogP contribution in [-0.4, -0.2) is 33.0 Å². The number of rotatable bonds is 4. The predicted molar refractivity (Wildman–Crippen MR) is 81.0 cm³/mol. The molecule has 0 spiro atoms. The molecule has 1 heterocycles. The number of fused-ring (bicyclic) bond motifs is 1. The molecule has 0 saturated heterocycles. The molecule has 0 fully saturated rings. The van der Waals surface area contributed by atoms with Crippen LogP contribution in [0.1, 0.15) is 47.9 Å². The number of hydrogen-bond acceptors (Lipinski definition) is 3. The van der Waals surface area contributed by atoms with Crippen molar-refractivity contribution in [1.82, 2.24) is 4.90 Å². The van der Waals surface area contributed by atoms with Crippen molar-refractivity contribution in [2.75, 3.05) is 6.16 Å². The predicted octanol–water partition coefficient (Wildman–Crippen LogP) is 3.35. The fourth-order valence-corrected chi connectivity index (χ4v) is 4.38. The number of carbonyl (C=O) groups excluding carboxylic acids is 2. The van der Waals surface area contributed by atoms with Gasteiger partial charge in [0.2, 0.25) is 7.37 Å². The molecule has 1 aliphatic rings. The molecular weight excluding hydrogens is 313 g/mol. The molecule has 1 N–H and O–H groups in total. The number of amides is 2. The smallest absolute Gasteiger partial charge is 0.264 e. The van der Waals surface area contributed by atoms with Gasteiger partial charge in [-0.25, -0.2) is 0 Å². The summed E-state index contributed by atoms with van der Waals surface area (Å²) in [7, 11) is -3.72. The summed E-state index contributed by atoms with van der Waals surface area (Å²) in [6, 6.07) is 4.60. The van der Waals surface area contributed by atoms with Gasteiger partial charge in [-0.1, -0.05) is 24.6 Å². The van der Waals surface area contributed by atoms with Crippen molar-refractivity contribution >= 4 is 30.8 Å². The highest BCUT2D eigenvalue weighted by Crippen LogP contribution is 2.57. The number of imide groups is 1. The Morgan fingerprint density at radius 3 is 2.43 bits per heavy atom. The molecule has 2 rings (SSSR count). The maximum absolute atomic E-state index is 12.5. The van der Waals surface area contributed by atoms with Gasteiger partial charge < -0.3 is 4.89 Å². The molecule has 1 aliphatic heterocycles. The van der Waals surface area contributed by atoms with Crippen LogP contribution in [0.2, 0.25) is 5.02 Å². The van der Waals surface area contributed by atoms with Gasteiger partial charge in [-0.2, -0.15) is 0 Å². The Labute approximate surface area is 128 Å². The van der Waals surface area contributed by atoms with E-state index < -0.39 is 24.5 Å². The van der Waals surface area contributed by atoms with E-state index in [1.165, 1.54) is 26.0 Å². The first-order valence-electron chi connectivity index (χ1n) is 6.64. The fraction of sp³-hybridized carbons (Fsp3) is 0.429. The lowest BCUT2D eigenvalue weighted by atomic mass is 10.1. The van der Waals surface area contributed by atoms with Gasteiger partial charge in [0, 0.05) is 6.16 Å². The first-order chi connectivity index (χ1) is 9.65. The van der Waals surface area contributed by atoms with E-state index in [1.54, 1.807) is 13.0 Å². The number of halogens is 1. The van der Waals surface area contributed by atoms with Crippen LogP contribution in [0, 0.1) is 0 Å². The molecule has 1 aromatic carbocycles. The van der Waals surface area contributed by atoms with E-state index in [0.717, 1.165) is 4.90 Å². The van der Waals surface area contributed by atoms with Crippen molar-refractivity contribution in [3.63, 3.8) is 0 Å². The van der Waals surface area contributed by atoms with Crippen LogP contribution in [0.25, 0.3) is 0 Å². The highest BCUT2D eigenvalue weighted by atomic mass is 35.5. The molecule has 0 radical (unpaired) electrons. The van der Waals surface area contributed by atoms with Crippen molar-refractivity contribution in [1.29, 1.82) is 0 Å². The zero-order chi connectivity index (χ0) is 16.0. The molecular formula is C14H17ClNO4P. The minimum atomic E-state index is -3.72. The van der Waals surface area contributed by atoms with Gasteiger partial charge in [-0.3, -0.25) is 19.1 Å². The van der Waals surface area contributed by atoms with Crippen molar-refractivity contribution in [3.05, 3.63) is 34.3 Å². The maximum atomic E-state index is 12.5. The highest BCUT2D eigenvalue weighted by molar-refractivity contribution is 7.59. The van der Waals surface area contributed by atoms with E-state index in [-0.39, 0.29) is 22.3 Å². The summed E-state index contributed by atoms with van der Waals surface area (Å²) in [6.07, 6.45) is 0.530. The average molecular weight is 330 g/mol. The molecule has 114 valence electrons. The number of benzene rings is 1. The molecule has 21 heavy (non-hydrogen) atoms. The molecule has 0 aromatic heterocycles. The molecule has 5 nitrogen and oxygen atoms in total. The maximum Gasteiger partial charge on any atom is 0.264 e. The lowest BCUT2D eigenvalue weighted by Gasteiger charge is -2.37. The minimum absolute atomic E-state index is 0.0428. The van der Waals surface area contributed by atoms with Gasteiger partial charge in [0.15, 0.2) is 0 Å². The van der Waals surface area contributed by atoms with Crippen LogP contribution in [-0.2, 0) is 4.57 Å². The standard InChI is InChI=1S/C14H17ClNO4P/c1-4-8-21(19,20)14(2,3)16-12(17)9-6-5-7-10(15)11(9)13(16)18/h5-7H,4,8H2,1-3H3,(H,19,20). The van der Waals surface area contributed by atoms with Crippen LogP contribution in [0.15, 0.2) is 18.2 Å². The number of hydrogen-bond donors (Lipinski definition) is 1. The minimum Gasteiger partial charge on any atom is -0.343 e. The van der Waals surface area contributed by atoms with Crippen LogP contribution < -0.4 is 0 Å². The van der Waals surface area contributed by atoms with Crippen molar-refractivity contribution in [3.8, 4) is 0 Å². The number of nitrogens with zero attached hydrogens (tertiary/aromatic N) is 1. The second-order valence-corrected chi connectivity index (χ2v) is 8.88. The summed E-state index contributed by atoms with van der Waals surface area (Å²) >= 11 is 5.99. The molecule has 7 heteroatoms.